The van der Waals surface area contributed by atoms with Crippen LogP contribution >= 0.6 is 0 Å². The fourth-order valence-electron chi connectivity index (χ4n) is 11.9. The lowest BCUT2D eigenvalue weighted by molar-refractivity contribution is 0.754. The minimum atomic E-state index is 0.0277. The Kier molecular flexibility index (Phi) is 9.91. The number of aromatic nitrogens is 6. The largest absolute Gasteiger partial charge is 0.309 e. The van der Waals surface area contributed by atoms with Gasteiger partial charge in [0.05, 0.1) is 22.4 Å². The quantitative estimate of drug-likeness (QED) is 0.152. The SMILES string of the molecule is c1ccc(-c2nc(-c3ccc4c(c3)C3c5ccccc5C4c4cc(-c5nc(-c6ccccc6)nc(-c6ccccc6)n5)ccc43)cc(-c3ccccc3-c3ccc4c5ccccc5n(-c5ccccc5)c4c3)n2)cc1. The molecule has 3 heterocycles. The third kappa shape index (κ3) is 7.13. The van der Waals surface area contributed by atoms with Crippen molar-refractivity contribution in [2.24, 2.45) is 0 Å². The number of hydrogen-bond acceptors (Lipinski definition) is 5. The van der Waals surface area contributed by atoms with E-state index in [9.17, 15) is 0 Å². The minimum absolute atomic E-state index is 0.0277. The molecule has 75 heavy (non-hydrogen) atoms. The highest BCUT2D eigenvalue weighted by Crippen LogP contribution is 2.57. The molecule has 0 spiro atoms. The van der Waals surface area contributed by atoms with Gasteiger partial charge < -0.3 is 4.57 Å². The summed E-state index contributed by atoms with van der Waals surface area (Å²) >= 11 is 0. The first-order chi connectivity index (χ1) is 37.2. The van der Waals surface area contributed by atoms with E-state index in [0.29, 0.717) is 23.3 Å². The molecular weight excluding hydrogens is 913 g/mol. The smallest absolute Gasteiger partial charge is 0.164 e. The number of benzene rings is 10. The summed E-state index contributed by atoms with van der Waals surface area (Å²) in [4.78, 5) is 26.0. The Morgan fingerprint density at radius 2 is 0.693 bits per heavy atom. The minimum Gasteiger partial charge on any atom is -0.309 e. The van der Waals surface area contributed by atoms with Gasteiger partial charge in [-0.2, -0.15) is 0 Å². The van der Waals surface area contributed by atoms with Crippen LogP contribution in [0.1, 0.15) is 45.2 Å². The molecular formula is C69H44N6. The maximum Gasteiger partial charge on any atom is 0.164 e. The molecule has 0 radical (unpaired) electrons. The molecule has 0 amide bonds. The standard InChI is InChI=1S/C69H44N6/c1-5-19-43(20-6-1)66-70-60(42-61(71-66)51-28-14-13-27-50(51)46-33-36-53-52-29-17-18-32-62(52)75(63(53)41-46)49-25-11-4-12-26-49)47-34-37-56-58(39-47)64-54-30-15-16-31-55(54)65(56)59-40-48(35-38-57(59)64)69-73-67(44-21-7-2-8-22-44)72-68(74-69)45-23-9-3-10-24-45/h1-42,64-65H. The fraction of sp³-hybridized carbons (Fsp3) is 0.0290. The third-order valence-corrected chi connectivity index (χ3v) is 15.2. The van der Waals surface area contributed by atoms with Gasteiger partial charge in [0.1, 0.15) is 0 Å². The summed E-state index contributed by atoms with van der Waals surface area (Å²) in [5.74, 6) is 2.70. The Hall–Kier alpha value is -9.91. The van der Waals surface area contributed by atoms with Crippen LogP contribution in [0.3, 0.4) is 0 Å². The monoisotopic (exact) mass is 956 g/mol. The normalized spacial score (nSPS) is 14.1. The predicted molar refractivity (Wildman–Crippen MR) is 303 cm³/mol. The van der Waals surface area contributed by atoms with Gasteiger partial charge in [-0.05, 0) is 87.0 Å². The van der Waals surface area contributed by atoms with E-state index in [1.165, 1.54) is 49.7 Å². The van der Waals surface area contributed by atoms with Gasteiger partial charge >= 0.3 is 0 Å². The average molecular weight is 957 g/mol. The Balaban J connectivity index is 0.856. The van der Waals surface area contributed by atoms with Crippen molar-refractivity contribution < 1.29 is 0 Å². The van der Waals surface area contributed by atoms with E-state index >= 15 is 0 Å². The van der Waals surface area contributed by atoms with Crippen LogP contribution in [0.25, 0.3) is 107 Å². The van der Waals surface area contributed by atoms with Crippen molar-refractivity contribution in [1.29, 1.82) is 0 Å². The Morgan fingerprint density at radius 3 is 1.32 bits per heavy atom. The highest BCUT2D eigenvalue weighted by Gasteiger charge is 2.41. The topological polar surface area (TPSA) is 69.4 Å². The van der Waals surface area contributed by atoms with E-state index in [1.807, 2.05) is 42.5 Å². The van der Waals surface area contributed by atoms with Gasteiger partial charge in [0.15, 0.2) is 23.3 Å². The van der Waals surface area contributed by atoms with Crippen molar-refractivity contribution >= 4 is 21.8 Å². The molecule has 0 N–H and O–H groups in total. The number of fused-ring (bicyclic) bond motifs is 3. The highest BCUT2D eigenvalue weighted by atomic mass is 15.0. The molecule has 10 aromatic carbocycles. The lowest BCUT2D eigenvalue weighted by Crippen LogP contribution is -2.27. The fourth-order valence-corrected chi connectivity index (χ4v) is 11.9. The maximum absolute atomic E-state index is 5.38. The summed E-state index contributed by atoms with van der Waals surface area (Å²) in [5.41, 5.74) is 21.2. The first-order valence-corrected chi connectivity index (χ1v) is 25.6. The van der Waals surface area contributed by atoms with Crippen molar-refractivity contribution in [3.8, 4) is 84.9 Å². The molecule has 2 unspecified atom stereocenters. The van der Waals surface area contributed by atoms with Crippen molar-refractivity contribution in [3.63, 3.8) is 0 Å². The zero-order valence-corrected chi connectivity index (χ0v) is 40.6. The summed E-state index contributed by atoms with van der Waals surface area (Å²) in [6, 6.07) is 90.6. The summed E-state index contributed by atoms with van der Waals surface area (Å²) in [6.07, 6.45) is 0. The maximum atomic E-state index is 5.38. The van der Waals surface area contributed by atoms with Crippen LogP contribution in [0.5, 0.6) is 0 Å². The lowest BCUT2D eigenvalue weighted by Gasteiger charge is -2.42. The zero-order valence-electron chi connectivity index (χ0n) is 40.6. The molecule has 0 saturated carbocycles. The van der Waals surface area contributed by atoms with Crippen molar-refractivity contribution in [2.45, 2.75) is 11.8 Å². The Morgan fingerprint density at radius 1 is 0.253 bits per heavy atom. The number of para-hydroxylation sites is 2. The van der Waals surface area contributed by atoms with Gasteiger partial charge in [0.2, 0.25) is 0 Å². The second kappa shape index (κ2) is 17.4. The molecule has 0 saturated heterocycles. The molecule has 3 aromatic heterocycles. The van der Waals surface area contributed by atoms with Crippen molar-refractivity contribution in [2.75, 3.05) is 0 Å². The van der Waals surface area contributed by atoms with Gasteiger partial charge in [0, 0.05) is 61.7 Å². The summed E-state index contributed by atoms with van der Waals surface area (Å²) in [6.45, 7) is 0. The first kappa shape index (κ1) is 42.7. The van der Waals surface area contributed by atoms with Gasteiger partial charge in [0.25, 0.3) is 0 Å². The summed E-state index contributed by atoms with van der Waals surface area (Å²) in [5, 5.41) is 2.45. The molecule has 6 heteroatoms. The predicted octanol–water partition coefficient (Wildman–Crippen LogP) is 16.4. The Labute approximate surface area is 434 Å². The molecule has 0 aliphatic heterocycles. The van der Waals surface area contributed by atoms with Crippen molar-refractivity contribution in [3.05, 3.63) is 288 Å². The van der Waals surface area contributed by atoms with E-state index in [2.05, 4.69) is 217 Å². The number of hydrogen-bond donors (Lipinski definition) is 0. The van der Waals surface area contributed by atoms with E-state index < -0.39 is 0 Å². The zero-order chi connectivity index (χ0) is 49.4. The van der Waals surface area contributed by atoms with E-state index in [0.717, 1.165) is 67.1 Å². The van der Waals surface area contributed by atoms with Gasteiger partial charge in [-0.1, -0.05) is 212 Å². The van der Waals surface area contributed by atoms with Crippen LogP contribution in [-0.2, 0) is 0 Å². The van der Waals surface area contributed by atoms with Crippen LogP contribution < -0.4 is 0 Å². The van der Waals surface area contributed by atoms with E-state index in [-0.39, 0.29) is 11.8 Å². The molecule has 2 bridgehead atoms. The first-order valence-electron chi connectivity index (χ1n) is 25.6. The van der Waals surface area contributed by atoms with E-state index in [4.69, 9.17) is 24.9 Å². The van der Waals surface area contributed by atoms with Crippen molar-refractivity contribution in [1.82, 2.24) is 29.5 Å². The van der Waals surface area contributed by atoms with Gasteiger partial charge in [-0.25, -0.2) is 24.9 Å². The second-order valence-corrected chi connectivity index (χ2v) is 19.5. The highest BCUT2D eigenvalue weighted by molar-refractivity contribution is 6.10. The molecule has 350 valence electrons. The van der Waals surface area contributed by atoms with Crippen LogP contribution in [0.4, 0.5) is 0 Å². The molecule has 16 rings (SSSR count). The van der Waals surface area contributed by atoms with Crippen LogP contribution in [0, 0.1) is 0 Å². The molecule has 6 nitrogen and oxygen atoms in total. The molecule has 0 fully saturated rings. The number of nitrogens with zero attached hydrogens (tertiary/aromatic N) is 6. The summed E-state index contributed by atoms with van der Waals surface area (Å²) in [7, 11) is 0. The second-order valence-electron chi connectivity index (χ2n) is 19.5. The molecule has 13 aromatic rings. The van der Waals surface area contributed by atoms with Gasteiger partial charge in [-0.15, -0.1) is 0 Å². The number of rotatable bonds is 8. The average Bonchev–Trinajstić information content (AvgIpc) is 3.83. The summed E-state index contributed by atoms with van der Waals surface area (Å²) < 4.78 is 2.38. The van der Waals surface area contributed by atoms with Crippen LogP contribution in [0.15, 0.2) is 255 Å². The molecule has 2 atom stereocenters. The van der Waals surface area contributed by atoms with Gasteiger partial charge in [-0.3, -0.25) is 0 Å². The lowest BCUT2D eigenvalue weighted by atomic mass is 9.60. The van der Waals surface area contributed by atoms with E-state index in [1.54, 1.807) is 0 Å². The third-order valence-electron chi connectivity index (χ3n) is 15.2. The van der Waals surface area contributed by atoms with Crippen LogP contribution in [0.2, 0.25) is 0 Å². The van der Waals surface area contributed by atoms with Crippen LogP contribution in [-0.4, -0.2) is 29.5 Å². The Bertz CT molecular complexity index is 4300. The molecule has 3 aliphatic carbocycles. The molecule has 3 aliphatic rings.